The van der Waals surface area contributed by atoms with Gasteiger partial charge >= 0.3 is 0 Å². The zero-order valence-corrected chi connectivity index (χ0v) is 27.0. The Bertz CT molecular complexity index is 1550. The van der Waals surface area contributed by atoms with Crippen molar-refractivity contribution in [1.82, 2.24) is 26.0 Å². The number of hydrogen-bond acceptors (Lipinski definition) is 9. The Morgan fingerprint density at radius 1 is 0.894 bits per heavy atom. The molecule has 1 fully saturated rings. The van der Waals surface area contributed by atoms with Crippen LogP contribution in [0.3, 0.4) is 0 Å². The van der Waals surface area contributed by atoms with Crippen molar-refractivity contribution in [3.63, 3.8) is 0 Å². The monoisotopic (exact) mass is 659 g/mol. The lowest BCUT2D eigenvalue weighted by Gasteiger charge is -2.36. The van der Waals surface area contributed by atoms with Crippen LogP contribution in [-0.2, 0) is 32.2 Å². The van der Waals surface area contributed by atoms with Crippen LogP contribution in [0.4, 0.5) is 0 Å². The van der Waals surface area contributed by atoms with Gasteiger partial charge in [0, 0.05) is 37.1 Å². The Morgan fingerprint density at radius 2 is 1.62 bits per heavy atom. The van der Waals surface area contributed by atoms with Crippen molar-refractivity contribution >= 4 is 23.6 Å². The molecule has 11 nitrogen and oxygen atoms in total. The third kappa shape index (κ3) is 10.2. The largest absolute Gasteiger partial charge is 0.392 e. The summed E-state index contributed by atoms with van der Waals surface area (Å²) in [6.07, 6.45) is 5.14. The van der Waals surface area contributed by atoms with E-state index in [-0.39, 0.29) is 37.0 Å². The normalized spacial score (nSPS) is 17.7. The third-order valence-corrected chi connectivity index (χ3v) is 9.09. The molecule has 5 N–H and O–H groups in total. The minimum atomic E-state index is -0.568. The summed E-state index contributed by atoms with van der Waals surface area (Å²) in [6.45, 7) is 0.413. The van der Waals surface area contributed by atoms with Gasteiger partial charge < -0.3 is 19.9 Å². The first-order chi connectivity index (χ1) is 23.0. The first kappa shape index (κ1) is 34.3. The van der Waals surface area contributed by atoms with Crippen LogP contribution < -0.4 is 10.8 Å². The molecule has 5 rings (SSSR count). The fourth-order valence-corrected chi connectivity index (χ4v) is 6.29. The number of thioether (sulfide) groups is 1. The van der Waals surface area contributed by atoms with E-state index in [1.807, 2.05) is 54.6 Å². The number of benzene rings is 3. The van der Waals surface area contributed by atoms with Crippen molar-refractivity contribution in [3.05, 3.63) is 101 Å². The lowest BCUT2D eigenvalue weighted by atomic mass is 9.97. The van der Waals surface area contributed by atoms with Gasteiger partial charge in [-0.05, 0) is 40.7 Å². The number of amides is 2. The molecule has 248 valence electrons. The van der Waals surface area contributed by atoms with E-state index < -0.39 is 6.29 Å². The second-order valence-electron chi connectivity index (χ2n) is 11.5. The molecule has 1 aliphatic heterocycles. The average Bonchev–Trinajstić information content (AvgIpc) is 3.65. The molecule has 2 amide bonds. The standard InChI is InChI=1S/C35H41N5O6S/c41-21-24-11-13-26(14-12-24)31-19-29(22-47-35-37-23-38-39-35)45-34(46-31)27-17-15-25(16-18-27)30-8-6-5-7-28(30)20-36-32(42)9-3-1-2-4-10-33(43)40-44/h5-8,11-18,23,29,31,34,41,44H,1-4,9-10,19-22H2,(H,36,42)(H,40,43)(H,37,38,39). The number of aromatic amines is 1. The molecule has 3 aromatic carbocycles. The molecule has 0 saturated carbocycles. The van der Waals surface area contributed by atoms with Crippen molar-refractivity contribution in [2.45, 2.75) is 81.8 Å². The number of carbonyl (C=O) groups excluding carboxylic acids is 2. The number of hydrogen-bond donors (Lipinski definition) is 5. The molecule has 0 bridgehead atoms. The van der Waals surface area contributed by atoms with E-state index >= 15 is 0 Å². The van der Waals surface area contributed by atoms with E-state index in [1.54, 1.807) is 17.2 Å². The smallest absolute Gasteiger partial charge is 0.243 e. The number of nitrogens with one attached hydrogen (secondary N) is 3. The van der Waals surface area contributed by atoms with Gasteiger partial charge in [-0.15, -0.1) is 0 Å². The highest BCUT2D eigenvalue weighted by molar-refractivity contribution is 7.99. The molecule has 1 aliphatic rings. The third-order valence-electron chi connectivity index (χ3n) is 8.08. The van der Waals surface area contributed by atoms with Gasteiger partial charge in [-0.25, -0.2) is 10.5 Å². The van der Waals surface area contributed by atoms with Crippen LogP contribution in [0, 0.1) is 0 Å². The molecule has 12 heteroatoms. The molecular formula is C35H41N5O6S. The van der Waals surface area contributed by atoms with Gasteiger partial charge in [-0.2, -0.15) is 5.10 Å². The Balaban J connectivity index is 1.20. The summed E-state index contributed by atoms with van der Waals surface area (Å²) >= 11 is 1.56. The highest BCUT2D eigenvalue weighted by Crippen LogP contribution is 2.39. The molecule has 3 atom stereocenters. The van der Waals surface area contributed by atoms with Crippen LogP contribution in [0.15, 0.2) is 84.3 Å². The Hall–Kier alpha value is -4.07. The fraction of sp³-hybridized carbons (Fsp3) is 0.371. The summed E-state index contributed by atoms with van der Waals surface area (Å²) in [4.78, 5) is 27.8. The molecular weight excluding hydrogens is 618 g/mol. The van der Waals surface area contributed by atoms with Gasteiger partial charge in [0.25, 0.3) is 0 Å². The number of carbonyl (C=O) groups is 2. The topological polar surface area (TPSA) is 159 Å². The molecule has 3 unspecified atom stereocenters. The molecule has 1 saturated heterocycles. The highest BCUT2D eigenvalue weighted by atomic mass is 32.2. The first-order valence-electron chi connectivity index (χ1n) is 15.9. The van der Waals surface area contributed by atoms with Gasteiger partial charge in [0.2, 0.25) is 11.8 Å². The number of aliphatic hydroxyl groups is 1. The van der Waals surface area contributed by atoms with Crippen LogP contribution in [0.1, 0.15) is 79.6 Å². The predicted octanol–water partition coefficient (Wildman–Crippen LogP) is 5.76. The first-order valence-corrected chi connectivity index (χ1v) is 16.9. The second-order valence-corrected chi connectivity index (χ2v) is 12.5. The Labute approximate surface area is 278 Å². The number of unbranched alkanes of at least 4 members (excludes halogenated alkanes) is 3. The maximum Gasteiger partial charge on any atom is 0.243 e. The lowest BCUT2D eigenvalue weighted by molar-refractivity contribution is -0.245. The fourth-order valence-electron chi connectivity index (χ4n) is 5.50. The number of aliphatic hydroxyl groups excluding tert-OH is 1. The molecule has 47 heavy (non-hydrogen) atoms. The van der Waals surface area contributed by atoms with Crippen molar-refractivity contribution in [2.24, 2.45) is 0 Å². The van der Waals surface area contributed by atoms with Crippen molar-refractivity contribution < 1.29 is 29.4 Å². The van der Waals surface area contributed by atoms with Crippen LogP contribution in [-0.4, -0.2) is 49.2 Å². The van der Waals surface area contributed by atoms with Gasteiger partial charge in [0.05, 0.1) is 18.8 Å². The molecule has 4 aromatic rings. The van der Waals surface area contributed by atoms with Gasteiger partial charge in [0.1, 0.15) is 6.33 Å². The van der Waals surface area contributed by atoms with Gasteiger partial charge in [0.15, 0.2) is 11.4 Å². The second kappa shape index (κ2) is 17.7. The maximum absolute atomic E-state index is 12.5. The van der Waals surface area contributed by atoms with E-state index in [0.717, 1.165) is 57.8 Å². The molecule has 0 radical (unpaired) electrons. The minimum absolute atomic E-state index is 0.00759. The Kier molecular flexibility index (Phi) is 12.9. The SMILES string of the molecule is O=C(CCCCCCC(=O)NCc1ccccc1-c1ccc(C2OC(CSc3ncn[nH]3)CC(c3ccc(CO)cc3)O2)cc1)NO. The van der Waals surface area contributed by atoms with Gasteiger partial charge in [-0.1, -0.05) is 97.4 Å². The van der Waals surface area contributed by atoms with E-state index in [9.17, 15) is 14.7 Å². The maximum atomic E-state index is 12.5. The summed E-state index contributed by atoms with van der Waals surface area (Å²) in [6, 6.07) is 24.0. The lowest BCUT2D eigenvalue weighted by Crippen LogP contribution is -2.31. The van der Waals surface area contributed by atoms with Gasteiger partial charge in [-0.3, -0.25) is 19.9 Å². The van der Waals surface area contributed by atoms with E-state index in [0.29, 0.717) is 31.6 Å². The summed E-state index contributed by atoms with van der Waals surface area (Å²) < 4.78 is 12.9. The van der Waals surface area contributed by atoms with Crippen molar-refractivity contribution in [1.29, 1.82) is 0 Å². The zero-order chi connectivity index (χ0) is 32.8. The number of hydroxylamine groups is 1. The zero-order valence-electron chi connectivity index (χ0n) is 26.1. The number of aromatic nitrogens is 3. The van der Waals surface area contributed by atoms with Crippen LogP contribution >= 0.6 is 11.8 Å². The highest BCUT2D eigenvalue weighted by Gasteiger charge is 2.32. The molecule has 0 spiro atoms. The van der Waals surface area contributed by atoms with E-state index in [2.05, 4.69) is 38.7 Å². The summed E-state index contributed by atoms with van der Waals surface area (Å²) in [5.74, 6) is 0.289. The summed E-state index contributed by atoms with van der Waals surface area (Å²) in [5.41, 5.74) is 7.50. The van der Waals surface area contributed by atoms with Crippen LogP contribution in [0.25, 0.3) is 11.1 Å². The van der Waals surface area contributed by atoms with Crippen molar-refractivity contribution in [2.75, 3.05) is 5.75 Å². The quantitative estimate of drug-likeness (QED) is 0.0436. The predicted molar refractivity (Wildman–Crippen MR) is 177 cm³/mol. The summed E-state index contributed by atoms with van der Waals surface area (Å²) in [7, 11) is 0. The number of nitrogens with zero attached hydrogens (tertiary/aromatic N) is 2. The average molecular weight is 660 g/mol. The molecule has 2 heterocycles. The molecule has 0 aliphatic carbocycles. The van der Waals surface area contributed by atoms with E-state index in [4.69, 9.17) is 14.7 Å². The van der Waals surface area contributed by atoms with Crippen LogP contribution in [0.5, 0.6) is 0 Å². The minimum Gasteiger partial charge on any atom is -0.392 e. The van der Waals surface area contributed by atoms with Crippen molar-refractivity contribution in [3.8, 4) is 11.1 Å². The molecule has 1 aromatic heterocycles. The van der Waals surface area contributed by atoms with E-state index in [1.165, 1.54) is 6.33 Å². The van der Waals surface area contributed by atoms with Crippen LogP contribution in [0.2, 0.25) is 0 Å². The number of H-pyrrole nitrogens is 1. The number of rotatable bonds is 16. The summed E-state index contributed by atoms with van der Waals surface area (Å²) in [5, 5.41) is 28.6. The number of ether oxygens (including phenoxy) is 2. The Morgan fingerprint density at radius 3 is 2.32 bits per heavy atom.